The number of rotatable bonds is 5. The molecule has 0 fully saturated rings. The van der Waals surface area contributed by atoms with Crippen LogP contribution in [0.3, 0.4) is 0 Å². The lowest BCUT2D eigenvalue weighted by molar-refractivity contribution is 0.126. The lowest BCUT2D eigenvalue weighted by Crippen LogP contribution is -2.49. The molecule has 3 unspecified atom stereocenters. The van der Waals surface area contributed by atoms with Crippen molar-refractivity contribution in [3.05, 3.63) is 59.8 Å². The highest BCUT2D eigenvalue weighted by molar-refractivity contribution is 7.92. The number of amidine groups is 1. The van der Waals surface area contributed by atoms with Gasteiger partial charge in [-0.2, -0.15) is 0 Å². The van der Waals surface area contributed by atoms with Crippen molar-refractivity contribution in [3.8, 4) is 11.5 Å². The highest BCUT2D eigenvalue weighted by Gasteiger charge is 2.48. The SMILES string of the molecule is CC1OCC2=C1C1N=CN=C(N)C1N2c1ccc(Oc2cccc(NS(C)(=O)=O)c2)cc1. The number of ether oxygens (including phenoxy) is 2. The molecule has 0 aromatic heterocycles. The summed E-state index contributed by atoms with van der Waals surface area (Å²) in [5.74, 6) is 1.67. The first kappa shape index (κ1) is 20.5. The fourth-order valence-electron chi connectivity index (χ4n) is 4.38. The molecule has 3 aliphatic rings. The topological polar surface area (TPSA) is 119 Å². The molecule has 0 saturated heterocycles. The highest BCUT2D eigenvalue weighted by Crippen LogP contribution is 2.42. The molecule has 9 nitrogen and oxygen atoms in total. The molecule has 32 heavy (non-hydrogen) atoms. The Hall–Kier alpha value is -3.37. The fourth-order valence-corrected chi connectivity index (χ4v) is 4.93. The maximum atomic E-state index is 11.5. The van der Waals surface area contributed by atoms with Gasteiger partial charge in [-0.15, -0.1) is 0 Å². The molecule has 0 aliphatic carbocycles. The summed E-state index contributed by atoms with van der Waals surface area (Å²) < 4.78 is 37.1. The average Bonchev–Trinajstić information content (AvgIpc) is 3.27. The third-order valence-corrected chi connectivity index (χ3v) is 6.26. The van der Waals surface area contributed by atoms with Crippen molar-refractivity contribution in [1.82, 2.24) is 0 Å². The Kier molecular flexibility index (Phi) is 4.90. The van der Waals surface area contributed by atoms with Crippen molar-refractivity contribution < 1.29 is 17.9 Å². The third kappa shape index (κ3) is 3.71. The molecule has 3 N–H and O–H groups in total. The van der Waals surface area contributed by atoms with Crippen molar-refractivity contribution in [3.63, 3.8) is 0 Å². The smallest absolute Gasteiger partial charge is 0.229 e. The number of sulfonamides is 1. The first-order valence-electron chi connectivity index (χ1n) is 10.1. The van der Waals surface area contributed by atoms with Crippen LogP contribution in [0.2, 0.25) is 0 Å². The molecule has 0 spiro atoms. The summed E-state index contributed by atoms with van der Waals surface area (Å²) in [6, 6.07) is 14.1. The van der Waals surface area contributed by atoms with Crippen LogP contribution in [0.4, 0.5) is 11.4 Å². The van der Waals surface area contributed by atoms with E-state index in [1.807, 2.05) is 31.2 Å². The minimum atomic E-state index is -3.36. The van der Waals surface area contributed by atoms with Crippen LogP contribution in [0.1, 0.15) is 6.92 Å². The fraction of sp³-hybridized carbons (Fsp3) is 0.273. The molecule has 3 heterocycles. The van der Waals surface area contributed by atoms with E-state index in [0.29, 0.717) is 29.6 Å². The molecular weight excluding hydrogens is 430 g/mol. The second-order valence-corrected chi connectivity index (χ2v) is 9.68. The number of nitrogens with zero attached hydrogens (tertiary/aromatic N) is 3. The van der Waals surface area contributed by atoms with Crippen LogP contribution < -0.4 is 20.1 Å². The molecule has 10 heteroatoms. The lowest BCUT2D eigenvalue weighted by atomic mass is 9.98. The van der Waals surface area contributed by atoms with Crippen molar-refractivity contribution in [2.45, 2.75) is 25.1 Å². The normalized spacial score (nSPS) is 24.2. The summed E-state index contributed by atoms with van der Waals surface area (Å²) in [4.78, 5) is 11.0. The van der Waals surface area contributed by atoms with Gasteiger partial charge in [0, 0.05) is 23.0 Å². The third-order valence-electron chi connectivity index (χ3n) is 5.65. The molecule has 5 rings (SSSR count). The van der Waals surface area contributed by atoms with E-state index in [4.69, 9.17) is 15.2 Å². The van der Waals surface area contributed by atoms with Gasteiger partial charge in [0.2, 0.25) is 10.0 Å². The van der Waals surface area contributed by atoms with Crippen LogP contribution in [-0.4, -0.2) is 51.6 Å². The summed E-state index contributed by atoms with van der Waals surface area (Å²) in [5, 5.41) is 0. The first-order chi connectivity index (χ1) is 15.3. The maximum Gasteiger partial charge on any atom is 0.229 e. The molecule has 2 aromatic rings. The molecule has 0 saturated carbocycles. The Labute approximate surface area is 186 Å². The molecule has 0 bridgehead atoms. The number of fused-ring (bicyclic) bond motifs is 2. The van der Waals surface area contributed by atoms with Crippen LogP contribution in [0.5, 0.6) is 11.5 Å². The van der Waals surface area contributed by atoms with Gasteiger partial charge in [-0.1, -0.05) is 6.07 Å². The standard InChI is InChI=1S/C22H23N5O4S/c1-13-19-18(11-30-13)27(21-20(19)24-12-25-22(21)23)15-6-8-16(9-7-15)31-17-5-3-4-14(10-17)26-32(2,28)29/h3-10,12-13,20-21,26H,11H2,1-2H3,(H2,23,24,25). The zero-order valence-corrected chi connectivity index (χ0v) is 18.4. The minimum absolute atomic E-state index is 0.0130. The number of hydrogen-bond acceptors (Lipinski definition) is 8. The van der Waals surface area contributed by atoms with Gasteiger partial charge >= 0.3 is 0 Å². The van der Waals surface area contributed by atoms with Gasteiger partial charge in [0.05, 0.1) is 24.7 Å². The number of nitrogens with two attached hydrogens (primary N) is 1. The number of anilines is 2. The van der Waals surface area contributed by atoms with Crippen LogP contribution in [0.25, 0.3) is 0 Å². The lowest BCUT2D eigenvalue weighted by Gasteiger charge is -2.33. The molecule has 166 valence electrons. The average molecular weight is 454 g/mol. The maximum absolute atomic E-state index is 11.5. The molecule has 0 radical (unpaired) electrons. The number of benzene rings is 2. The Balaban J connectivity index is 1.39. The van der Waals surface area contributed by atoms with Gasteiger partial charge in [-0.25, -0.2) is 13.4 Å². The quantitative estimate of drug-likeness (QED) is 0.718. The van der Waals surface area contributed by atoms with Crippen LogP contribution >= 0.6 is 0 Å². The van der Waals surface area contributed by atoms with Gasteiger partial charge in [0.15, 0.2) is 0 Å². The van der Waals surface area contributed by atoms with Crippen LogP contribution in [0, 0.1) is 0 Å². The van der Waals surface area contributed by atoms with Crippen molar-refractivity contribution in [2.75, 3.05) is 22.5 Å². The van der Waals surface area contributed by atoms with E-state index >= 15 is 0 Å². The van der Waals surface area contributed by atoms with E-state index in [9.17, 15) is 8.42 Å². The van der Waals surface area contributed by atoms with E-state index < -0.39 is 10.0 Å². The summed E-state index contributed by atoms with van der Waals surface area (Å²) in [6.45, 7) is 2.54. The number of hydrogen-bond donors (Lipinski definition) is 2. The van der Waals surface area contributed by atoms with Gasteiger partial charge in [-0.05, 0) is 43.3 Å². The van der Waals surface area contributed by atoms with E-state index in [1.165, 1.54) is 6.34 Å². The van der Waals surface area contributed by atoms with Crippen LogP contribution in [0.15, 0.2) is 69.8 Å². The van der Waals surface area contributed by atoms with Crippen LogP contribution in [-0.2, 0) is 14.8 Å². The summed E-state index contributed by atoms with van der Waals surface area (Å²) in [7, 11) is -3.36. The summed E-state index contributed by atoms with van der Waals surface area (Å²) in [5.41, 5.74) is 9.88. The summed E-state index contributed by atoms with van der Waals surface area (Å²) >= 11 is 0. The molecular formula is C22H23N5O4S. The summed E-state index contributed by atoms with van der Waals surface area (Å²) in [6.07, 6.45) is 2.62. The van der Waals surface area contributed by atoms with Crippen molar-refractivity contribution in [1.29, 1.82) is 0 Å². The largest absolute Gasteiger partial charge is 0.457 e. The zero-order valence-electron chi connectivity index (χ0n) is 17.6. The highest BCUT2D eigenvalue weighted by atomic mass is 32.2. The van der Waals surface area contributed by atoms with Crippen molar-refractivity contribution in [2.24, 2.45) is 15.7 Å². The Bertz CT molecular complexity index is 1250. The Morgan fingerprint density at radius 2 is 1.97 bits per heavy atom. The second kappa shape index (κ2) is 7.64. The number of aliphatic imine (C=N–C) groups is 2. The Morgan fingerprint density at radius 3 is 2.72 bits per heavy atom. The number of nitrogens with one attached hydrogen (secondary N) is 1. The first-order valence-corrected chi connectivity index (χ1v) is 12.0. The monoisotopic (exact) mass is 453 g/mol. The predicted molar refractivity (Wildman–Crippen MR) is 124 cm³/mol. The van der Waals surface area contributed by atoms with Crippen molar-refractivity contribution >= 4 is 33.6 Å². The second-order valence-electron chi connectivity index (χ2n) is 7.93. The minimum Gasteiger partial charge on any atom is -0.457 e. The van der Waals surface area contributed by atoms with E-state index in [2.05, 4.69) is 19.6 Å². The van der Waals surface area contributed by atoms with E-state index in [0.717, 1.165) is 23.2 Å². The van der Waals surface area contributed by atoms with Gasteiger partial charge < -0.3 is 20.1 Å². The Morgan fingerprint density at radius 1 is 1.19 bits per heavy atom. The molecule has 2 aromatic carbocycles. The zero-order chi connectivity index (χ0) is 22.5. The van der Waals surface area contributed by atoms with Gasteiger partial charge in [0.1, 0.15) is 35.8 Å². The predicted octanol–water partition coefficient (Wildman–Crippen LogP) is 2.48. The van der Waals surface area contributed by atoms with Gasteiger partial charge in [0.25, 0.3) is 0 Å². The molecule has 0 amide bonds. The molecule has 3 aliphatic heterocycles. The molecule has 3 atom stereocenters. The van der Waals surface area contributed by atoms with E-state index in [1.54, 1.807) is 24.3 Å². The van der Waals surface area contributed by atoms with Gasteiger partial charge in [-0.3, -0.25) is 9.71 Å². The van der Waals surface area contributed by atoms with E-state index in [-0.39, 0.29) is 18.2 Å².